The summed E-state index contributed by atoms with van der Waals surface area (Å²) in [5.74, 6) is -0.914. The number of aliphatic carboxylic acids is 1. The van der Waals surface area contributed by atoms with Crippen LogP contribution in [-0.2, 0) is 11.2 Å². The molecular formula is C21H22N2O2. The van der Waals surface area contributed by atoms with Gasteiger partial charge in [-0.05, 0) is 38.0 Å². The molecule has 0 fully saturated rings. The van der Waals surface area contributed by atoms with Gasteiger partial charge in [0.05, 0.1) is 11.0 Å². The molecule has 1 aromatic carbocycles. The molecule has 0 unspecified atom stereocenters. The van der Waals surface area contributed by atoms with Crippen LogP contribution in [0, 0.1) is 6.92 Å². The number of hydrogen-bond donors (Lipinski definition) is 1. The molecule has 0 radical (unpaired) electrons. The molecule has 0 bridgehead atoms. The van der Waals surface area contributed by atoms with Crippen LogP contribution in [0.4, 0.5) is 0 Å². The van der Waals surface area contributed by atoms with Crippen molar-refractivity contribution in [3.8, 4) is 0 Å². The summed E-state index contributed by atoms with van der Waals surface area (Å²) in [6.07, 6.45) is 8.95. The van der Waals surface area contributed by atoms with E-state index in [1.807, 2.05) is 26.1 Å². The van der Waals surface area contributed by atoms with Gasteiger partial charge >= 0.3 is 5.97 Å². The quantitative estimate of drug-likeness (QED) is 0.422. The second kappa shape index (κ2) is 8.73. The fraction of sp³-hybridized carbons (Fsp3) is 0.190. The number of nitrogens with zero attached hydrogens (tertiary/aromatic N) is 2. The third-order valence-electron chi connectivity index (χ3n) is 3.66. The number of aryl methyl sites for hydroxylation is 2. The van der Waals surface area contributed by atoms with Crippen molar-refractivity contribution < 1.29 is 9.90 Å². The molecule has 4 heteroatoms. The van der Waals surface area contributed by atoms with Gasteiger partial charge in [0.25, 0.3) is 0 Å². The van der Waals surface area contributed by atoms with E-state index in [2.05, 4.69) is 41.2 Å². The van der Waals surface area contributed by atoms with Crippen LogP contribution in [-0.4, -0.2) is 21.0 Å². The molecule has 0 amide bonds. The van der Waals surface area contributed by atoms with E-state index in [0.29, 0.717) is 0 Å². The largest absolute Gasteiger partial charge is 0.478 e. The topological polar surface area (TPSA) is 63.1 Å². The van der Waals surface area contributed by atoms with Gasteiger partial charge in [-0.2, -0.15) is 0 Å². The van der Waals surface area contributed by atoms with Crippen molar-refractivity contribution in [2.24, 2.45) is 0 Å². The normalized spacial score (nSPS) is 11.2. The minimum Gasteiger partial charge on any atom is -0.478 e. The van der Waals surface area contributed by atoms with Crippen LogP contribution < -0.4 is 0 Å². The van der Waals surface area contributed by atoms with E-state index in [1.54, 1.807) is 12.2 Å². The maximum atomic E-state index is 9.75. The summed E-state index contributed by atoms with van der Waals surface area (Å²) < 4.78 is 0. The molecular weight excluding hydrogens is 312 g/mol. The molecule has 0 aliphatic heterocycles. The Balaban J connectivity index is 0.000000242. The molecule has 2 heterocycles. The van der Waals surface area contributed by atoms with Gasteiger partial charge in [-0.15, -0.1) is 0 Å². The summed E-state index contributed by atoms with van der Waals surface area (Å²) in [5.41, 5.74) is 4.31. The second-order valence-corrected chi connectivity index (χ2v) is 5.58. The fourth-order valence-corrected chi connectivity index (χ4v) is 2.37. The third kappa shape index (κ3) is 4.98. The molecule has 4 nitrogen and oxygen atoms in total. The fourth-order valence-electron chi connectivity index (χ4n) is 2.37. The van der Waals surface area contributed by atoms with E-state index >= 15 is 0 Å². The van der Waals surface area contributed by atoms with Crippen molar-refractivity contribution in [2.45, 2.75) is 27.2 Å². The minimum absolute atomic E-state index is 0.914. The lowest BCUT2D eigenvalue weighted by atomic mass is 10.1. The van der Waals surface area contributed by atoms with E-state index in [9.17, 15) is 4.79 Å². The Bertz CT molecular complexity index is 943. The number of fused-ring (bicyclic) bond motifs is 3. The van der Waals surface area contributed by atoms with Crippen molar-refractivity contribution in [2.75, 3.05) is 0 Å². The van der Waals surface area contributed by atoms with Gasteiger partial charge in [0.2, 0.25) is 0 Å². The molecule has 0 saturated heterocycles. The number of hydrogen-bond acceptors (Lipinski definition) is 3. The Morgan fingerprint density at radius 3 is 2.52 bits per heavy atom. The number of carboxylic acids is 1. The lowest BCUT2D eigenvalue weighted by Crippen LogP contribution is -1.89. The lowest BCUT2D eigenvalue weighted by Gasteiger charge is -2.04. The molecule has 3 aromatic rings. The van der Waals surface area contributed by atoms with Gasteiger partial charge in [0, 0.05) is 28.7 Å². The highest BCUT2D eigenvalue weighted by Crippen LogP contribution is 2.23. The molecule has 3 rings (SSSR count). The molecule has 25 heavy (non-hydrogen) atoms. The highest BCUT2D eigenvalue weighted by molar-refractivity contribution is 6.02. The van der Waals surface area contributed by atoms with Crippen LogP contribution in [0.5, 0.6) is 0 Å². The Morgan fingerprint density at radius 1 is 1.12 bits per heavy atom. The summed E-state index contributed by atoms with van der Waals surface area (Å²) in [6.45, 7) is 5.98. The van der Waals surface area contributed by atoms with Crippen molar-refractivity contribution in [3.63, 3.8) is 0 Å². The zero-order chi connectivity index (χ0) is 18.2. The first kappa shape index (κ1) is 18.3. The summed E-state index contributed by atoms with van der Waals surface area (Å²) >= 11 is 0. The molecule has 0 atom stereocenters. The first-order valence-corrected chi connectivity index (χ1v) is 8.22. The van der Waals surface area contributed by atoms with E-state index in [0.717, 1.165) is 34.6 Å². The molecule has 1 N–H and O–H groups in total. The maximum absolute atomic E-state index is 9.75. The first-order valence-electron chi connectivity index (χ1n) is 8.22. The Kier molecular flexibility index (Phi) is 6.40. The van der Waals surface area contributed by atoms with Gasteiger partial charge in [0.1, 0.15) is 0 Å². The van der Waals surface area contributed by atoms with Gasteiger partial charge in [-0.3, -0.25) is 9.97 Å². The number of rotatable bonds is 3. The van der Waals surface area contributed by atoms with Gasteiger partial charge in [-0.1, -0.05) is 43.4 Å². The van der Waals surface area contributed by atoms with Crippen LogP contribution >= 0.6 is 0 Å². The lowest BCUT2D eigenvalue weighted by molar-refractivity contribution is -0.131. The highest BCUT2D eigenvalue weighted by Gasteiger charge is 2.04. The van der Waals surface area contributed by atoms with Gasteiger partial charge < -0.3 is 5.11 Å². The van der Waals surface area contributed by atoms with Crippen LogP contribution in [0.25, 0.3) is 21.8 Å². The Labute approximate surface area is 147 Å². The molecule has 2 aromatic heterocycles. The predicted octanol–water partition coefficient (Wildman–Crippen LogP) is 4.86. The summed E-state index contributed by atoms with van der Waals surface area (Å²) in [5, 5.41) is 10.3. The molecule has 0 spiro atoms. The van der Waals surface area contributed by atoms with Crippen molar-refractivity contribution >= 4 is 27.8 Å². The Morgan fingerprint density at radius 2 is 1.84 bits per heavy atom. The standard InChI is InChI=1S/C15H14N2.C6H8O2/c1-3-11-8-13-7-6-12-5-4-10(2)17-15(12)14(13)16-9-11;1-2-3-4-5-6(7)8/h4-9H,3H2,1-2H3;2-5H,1H3,(H,7,8). The number of carboxylic acid groups (broad SMARTS) is 1. The van der Waals surface area contributed by atoms with E-state index in [1.165, 1.54) is 17.0 Å². The number of aromatic nitrogens is 2. The number of benzene rings is 1. The van der Waals surface area contributed by atoms with E-state index in [4.69, 9.17) is 5.11 Å². The van der Waals surface area contributed by atoms with Crippen LogP contribution in [0.1, 0.15) is 25.1 Å². The first-order chi connectivity index (χ1) is 12.0. The maximum Gasteiger partial charge on any atom is 0.328 e. The summed E-state index contributed by atoms with van der Waals surface area (Å²) in [4.78, 5) is 18.9. The van der Waals surface area contributed by atoms with Crippen LogP contribution in [0.3, 0.4) is 0 Å². The minimum atomic E-state index is -0.914. The zero-order valence-electron chi connectivity index (χ0n) is 14.7. The average Bonchev–Trinajstić information content (AvgIpc) is 2.61. The third-order valence-corrected chi connectivity index (χ3v) is 3.66. The second-order valence-electron chi connectivity index (χ2n) is 5.58. The zero-order valence-corrected chi connectivity index (χ0v) is 14.7. The summed E-state index contributed by atoms with van der Waals surface area (Å²) in [7, 11) is 0. The SMILES string of the molecule is CC=CC=CC(=O)O.CCc1cnc2c(ccc3ccc(C)nc32)c1. The monoisotopic (exact) mass is 334 g/mol. The number of allylic oxidation sites excluding steroid dienone is 3. The Hall–Kier alpha value is -3.01. The van der Waals surface area contributed by atoms with Crippen LogP contribution in [0.15, 0.2) is 60.8 Å². The number of pyridine rings is 2. The average molecular weight is 334 g/mol. The van der Waals surface area contributed by atoms with Crippen LogP contribution in [0.2, 0.25) is 0 Å². The molecule has 128 valence electrons. The molecule has 0 aliphatic carbocycles. The summed E-state index contributed by atoms with van der Waals surface area (Å²) in [6, 6.07) is 10.6. The van der Waals surface area contributed by atoms with E-state index in [-0.39, 0.29) is 0 Å². The van der Waals surface area contributed by atoms with Gasteiger partial charge in [-0.25, -0.2) is 4.79 Å². The molecule has 0 aliphatic rings. The molecule has 0 saturated carbocycles. The highest BCUT2D eigenvalue weighted by atomic mass is 16.4. The van der Waals surface area contributed by atoms with Crippen molar-refractivity contribution in [1.29, 1.82) is 0 Å². The van der Waals surface area contributed by atoms with Gasteiger partial charge in [0.15, 0.2) is 0 Å². The van der Waals surface area contributed by atoms with Crippen molar-refractivity contribution in [3.05, 3.63) is 72.1 Å². The van der Waals surface area contributed by atoms with E-state index < -0.39 is 5.97 Å². The van der Waals surface area contributed by atoms with Crippen molar-refractivity contribution in [1.82, 2.24) is 9.97 Å². The smallest absolute Gasteiger partial charge is 0.328 e. The number of carbonyl (C=O) groups is 1. The predicted molar refractivity (Wildman–Crippen MR) is 103 cm³/mol.